The first-order valence-electron chi connectivity index (χ1n) is 7.02. The molecule has 0 bridgehead atoms. The zero-order chi connectivity index (χ0) is 15.8. The Hall–Kier alpha value is -2.37. The highest BCUT2D eigenvalue weighted by molar-refractivity contribution is 5.67. The van der Waals surface area contributed by atoms with Crippen LogP contribution in [0.4, 0.5) is 4.79 Å². The summed E-state index contributed by atoms with van der Waals surface area (Å²) in [5, 5.41) is 22.0. The van der Waals surface area contributed by atoms with Crippen molar-refractivity contribution in [2.45, 2.75) is 18.8 Å². The van der Waals surface area contributed by atoms with Gasteiger partial charge in [0.2, 0.25) is 0 Å². The third kappa shape index (κ3) is 4.58. The number of amides is 1. The molecule has 5 nitrogen and oxygen atoms in total. The van der Waals surface area contributed by atoms with E-state index in [1.807, 2.05) is 36.4 Å². The van der Waals surface area contributed by atoms with Crippen LogP contribution in [0, 0.1) is 0 Å². The van der Waals surface area contributed by atoms with E-state index in [9.17, 15) is 15.0 Å². The van der Waals surface area contributed by atoms with Crippen LogP contribution < -0.4 is 5.32 Å². The topological polar surface area (TPSA) is 78.8 Å². The Morgan fingerprint density at radius 3 is 2.23 bits per heavy atom. The van der Waals surface area contributed by atoms with Gasteiger partial charge in [-0.1, -0.05) is 60.7 Å². The molecule has 2 aromatic rings. The molecule has 2 aromatic carbocycles. The lowest BCUT2D eigenvalue weighted by atomic mass is 10.0. The molecule has 0 spiro atoms. The van der Waals surface area contributed by atoms with Crippen molar-refractivity contribution in [1.82, 2.24) is 5.32 Å². The fourth-order valence-electron chi connectivity index (χ4n) is 2.02. The van der Waals surface area contributed by atoms with Crippen LogP contribution >= 0.6 is 0 Å². The van der Waals surface area contributed by atoms with Crippen LogP contribution in [0.15, 0.2) is 60.7 Å². The molecule has 0 aliphatic heterocycles. The molecule has 3 N–H and O–H groups in total. The molecule has 1 unspecified atom stereocenters. The van der Waals surface area contributed by atoms with Crippen LogP contribution in [-0.2, 0) is 11.3 Å². The number of ether oxygens (including phenoxy) is 1. The average Bonchev–Trinajstić information content (AvgIpc) is 2.59. The van der Waals surface area contributed by atoms with Crippen molar-refractivity contribution in [2.24, 2.45) is 0 Å². The molecule has 0 radical (unpaired) electrons. The molecule has 0 fully saturated rings. The van der Waals surface area contributed by atoms with E-state index in [0.717, 1.165) is 5.56 Å². The molecule has 116 valence electrons. The molecule has 2 atom stereocenters. The second-order valence-corrected chi connectivity index (χ2v) is 4.85. The molecule has 0 aromatic heterocycles. The first-order valence-corrected chi connectivity index (χ1v) is 7.02. The van der Waals surface area contributed by atoms with Crippen molar-refractivity contribution in [3.63, 3.8) is 0 Å². The second kappa shape index (κ2) is 8.17. The van der Waals surface area contributed by atoms with E-state index in [1.165, 1.54) is 0 Å². The Kier molecular flexibility index (Phi) is 5.94. The van der Waals surface area contributed by atoms with E-state index in [0.29, 0.717) is 5.56 Å². The minimum absolute atomic E-state index is 0.131. The highest BCUT2D eigenvalue weighted by Crippen LogP contribution is 2.16. The predicted octanol–water partition coefficient (Wildman–Crippen LogP) is 2.01. The van der Waals surface area contributed by atoms with Crippen molar-refractivity contribution < 1.29 is 19.7 Å². The number of benzene rings is 2. The van der Waals surface area contributed by atoms with Crippen molar-refractivity contribution in [1.29, 1.82) is 0 Å². The van der Waals surface area contributed by atoms with Gasteiger partial charge in [0.15, 0.2) is 0 Å². The number of hydrogen-bond donors (Lipinski definition) is 3. The van der Waals surface area contributed by atoms with E-state index < -0.39 is 24.8 Å². The Labute approximate surface area is 129 Å². The highest BCUT2D eigenvalue weighted by atomic mass is 16.5. The van der Waals surface area contributed by atoms with Crippen LogP contribution in [0.1, 0.15) is 17.2 Å². The van der Waals surface area contributed by atoms with Gasteiger partial charge in [-0.25, -0.2) is 4.79 Å². The van der Waals surface area contributed by atoms with Gasteiger partial charge in [-0.3, -0.25) is 0 Å². The minimum Gasteiger partial charge on any atom is -0.445 e. The second-order valence-electron chi connectivity index (χ2n) is 4.85. The van der Waals surface area contributed by atoms with Gasteiger partial charge in [0.25, 0.3) is 0 Å². The Bertz CT molecular complexity index is 574. The van der Waals surface area contributed by atoms with E-state index in [-0.39, 0.29) is 6.61 Å². The third-order valence-corrected chi connectivity index (χ3v) is 3.23. The fraction of sp³-hybridized carbons (Fsp3) is 0.235. The molecule has 5 heteroatoms. The van der Waals surface area contributed by atoms with Crippen LogP contribution in [0.5, 0.6) is 0 Å². The standard InChI is InChI=1S/C17H19NO4/c19-11-15(16(20)14-9-5-2-6-10-14)18-17(21)22-12-13-7-3-1-4-8-13/h1-10,15-16,19-20H,11-12H2,(H,18,21)/t15-,16?/m0/s1. The molecule has 2 rings (SSSR count). The average molecular weight is 301 g/mol. The van der Waals surface area contributed by atoms with E-state index in [1.54, 1.807) is 24.3 Å². The Morgan fingerprint density at radius 1 is 1.05 bits per heavy atom. The highest BCUT2D eigenvalue weighted by Gasteiger charge is 2.22. The molecular weight excluding hydrogens is 282 g/mol. The number of carbonyl (C=O) groups is 1. The maximum absolute atomic E-state index is 11.8. The van der Waals surface area contributed by atoms with Gasteiger partial charge in [-0.2, -0.15) is 0 Å². The lowest BCUT2D eigenvalue weighted by Gasteiger charge is -2.22. The summed E-state index contributed by atoms with van der Waals surface area (Å²) >= 11 is 0. The predicted molar refractivity (Wildman–Crippen MR) is 82.0 cm³/mol. The largest absolute Gasteiger partial charge is 0.445 e. The van der Waals surface area contributed by atoms with Gasteiger partial charge in [-0.15, -0.1) is 0 Å². The van der Waals surface area contributed by atoms with E-state index in [4.69, 9.17) is 4.74 Å². The number of alkyl carbamates (subject to hydrolysis) is 1. The summed E-state index contributed by atoms with van der Waals surface area (Å²) in [6, 6.07) is 17.3. The maximum Gasteiger partial charge on any atom is 0.407 e. The van der Waals surface area contributed by atoms with E-state index in [2.05, 4.69) is 5.32 Å². The van der Waals surface area contributed by atoms with E-state index >= 15 is 0 Å². The first kappa shape index (κ1) is 16.0. The number of aliphatic hydroxyl groups is 2. The Morgan fingerprint density at radius 2 is 1.64 bits per heavy atom. The SMILES string of the molecule is O=C(N[C@@H](CO)C(O)c1ccccc1)OCc1ccccc1. The number of hydrogen-bond acceptors (Lipinski definition) is 4. The number of aliphatic hydroxyl groups excluding tert-OH is 2. The third-order valence-electron chi connectivity index (χ3n) is 3.23. The lowest BCUT2D eigenvalue weighted by molar-refractivity contribution is 0.0763. The van der Waals surface area contributed by atoms with Gasteiger partial charge in [0, 0.05) is 0 Å². The van der Waals surface area contributed by atoms with Crippen LogP contribution in [-0.4, -0.2) is 29.0 Å². The summed E-state index contributed by atoms with van der Waals surface area (Å²) in [5.41, 5.74) is 1.48. The normalized spacial score (nSPS) is 13.2. The number of nitrogens with one attached hydrogen (secondary N) is 1. The molecule has 0 aliphatic rings. The summed E-state index contributed by atoms with van der Waals surface area (Å²) in [5.74, 6) is 0. The molecule has 22 heavy (non-hydrogen) atoms. The quantitative estimate of drug-likeness (QED) is 0.762. The minimum atomic E-state index is -1.00. The molecule has 0 saturated heterocycles. The summed E-state index contributed by atoms with van der Waals surface area (Å²) in [7, 11) is 0. The molecule has 1 amide bonds. The van der Waals surface area contributed by atoms with Gasteiger partial charge >= 0.3 is 6.09 Å². The molecule has 0 aliphatic carbocycles. The zero-order valence-electron chi connectivity index (χ0n) is 12.1. The number of carbonyl (C=O) groups excluding carboxylic acids is 1. The van der Waals surface area contributed by atoms with Crippen molar-refractivity contribution in [3.05, 3.63) is 71.8 Å². The first-order chi connectivity index (χ1) is 10.7. The van der Waals surface area contributed by atoms with Crippen molar-refractivity contribution in [3.8, 4) is 0 Å². The maximum atomic E-state index is 11.8. The molecular formula is C17H19NO4. The molecule has 0 saturated carbocycles. The van der Waals surface area contributed by atoms with Gasteiger partial charge in [0.1, 0.15) is 12.7 Å². The smallest absolute Gasteiger partial charge is 0.407 e. The number of rotatable bonds is 6. The summed E-state index contributed by atoms with van der Waals surface area (Å²) in [6.45, 7) is -0.261. The van der Waals surface area contributed by atoms with Crippen molar-refractivity contribution >= 4 is 6.09 Å². The lowest BCUT2D eigenvalue weighted by Crippen LogP contribution is -2.42. The fourth-order valence-corrected chi connectivity index (χ4v) is 2.02. The summed E-state index contributed by atoms with van der Waals surface area (Å²) in [4.78, 5) is 11.8. The van der Waals surface area contributed by atoms with Gasteiger partial charge < -0.3 is 20.3 Å². The van der Waals surface area contributed by atoms with Crippen LogP contribution in [0.3, 0.4) is 0 Å². The monoisotopic (exact) mass is 301 g/mol. The van der Waals surface area contributed by atoms with Gasteiger partial charge in [0.05, 0.1) is 12.6 Å². The van der Waals surface area contributed by atoms with Crippen molar-refractivity contribution in [2.75, 3.05) is 6.61 Å². The van der Waals surface area contributed by atoms with Crippen LogP contribution in [0.2, 0.25) is 0 Å². The summed E-state index contributed by atoms with van der Waals surface area (Å²) in [6.07, 6.45) is -1.69. The van der Waals surface area contributed by atoms with Crippen LogP contribution in [0.25, 0.3) is 0 Å². The van der Waals surface area contributed by atoms with Gasteiger partial charge in [-0.05, 0) is 11.1 Å². The molecule has 0 heterocycles. The Balaban J connectivity index is 1.88. The summed E-state index contributed by atoms with van der Waals surface area (Å²) < 4.78 is 5.07. The zero-order valence-corrected chi connectivity index (χ0v) is 12.1.